The van der Waals surface area contributed by atoms with Crippen LogP contribution in [0.2, 0.25) is 0 Å². The van der Waals surface area contributed by atoms with E-state index in [1.54, 1.807) is 12.1 Å². The number of hydrogen-bond donors (Lipinski definition) is 2. The zero-order chi connectivity index (χ0) is 13.9. The minimum absolute atomic E-state index is 0.109. The lowest BCUT2D eigenvalue weighted by molar-refractivity contribution is 0.289. The van der Waals surface area contributed by atoms with Crippen molar-refractivity contribution in [3.05, 3.63) is 24.3 Å². The van der Waals surface area contributed by atoms with Crippen LogP contribution >= 0.6 is 11.8 Å². The van der Waals surface area contributed by atoms with Crippen molar-refractivity contribution in [3.63, 3.8) is 0 Å². The van der Waals surface area contributed by atoms with E-state index in [-0.39, 0.29) is 17.9 Å². The first-order valence-electron chi connectivity index (χ1n) is 6.42. The van der Waals surface area contributed by atoms with E-state index >= 15 is 0 Å². The summed E-state index contributed by atoms with van der Waals surface area (Å²) in [5.41, 5.74) is 0. The third kappa shape index (κ3) is 4.21. The molecule has 2 N–H and O–H groups in total. The lowest BCUT2D eigenvalue weighted by atomic mass is 10.3. The Morgan fingerprint density at radius 1 is 1.42 bits per heavy atom. The summed E-state index contributed by atoms with van der Waals surface area (Å²) in [4.78, 5) is 1.09. The highest BCUT2D eigenvalue weighted by atomic mass is 32.2. The number of aliphatic hydroxyl groups excluding tert-OH is 1. The predicted molar refractivity (Wildman–Crippen MR) is 76.8 cm³/mol. The van der Waals surface area contributed by atoms with Crippen LogP contribution in [0.15, 0.2) is 34.1 Å². The number of sulfonamides is 1. The maximum atomic E-state index is 12.3. The zero-order valence-electron chi connectivity index (χ0n) is 10.9. The SMILES string of the molecule is CC(CCO)Sc1ccccc1S(=O)(=O)NC1CC1. The fourth-order valence-corrected chi connectivity index (χ4v) is 4.57. The van der Waals surface area contributed by atoms with Crippen molar-refractivity contribution < 1.29 is 13.5 Å². The molecule has 0 spiro atoms. The van der Waals surface area contributed by atoms with Gasteiger partial charge in [0.25, 0.3) is 0 Å². The highest BCUT2D eigenvalue weighted by Gasteiger charge is 2.29. The Kier molecular flexibility index (Phi) is 4.89. The van der Waals surface area contributed by atoms with Gasteiger partial charge >= 0.3 is 0 Å². The molecule has 1 unspecified atom stereocenters. The van der Waals surface area contributed by atoms with Gasteiger partial charge in [0.2, 0.25) is 10.0 Å². The first kappa shape index (κ1) is 14.8. The van der Waals surface area contributed by atoms with Crippen LogP contribution in [0.1, 0.15) is 26.2 Å². The molecule has 1 atom stereocenters. The van der Waals surface area contributed by atoms with Gasteiger partial charge in [0.1, 0.15) is 0 Å². The topological polar surface area (TPSA) is 66.4 Å². The third-order valence-corrected chi connectivity index (χ3v) is 5.86. The standard InChI is InChI=1S/C13H19NO3S2/c1-10(8-9-15)18-12-4-2-3-5-13(12)19(16,17)14-11-6-7-11/h2-5,10-11,14-15H,6-9H2,1H3. The number of nitrogens with one attached hydrogen (secondary N) is 1. The Morgan fingerprint density at radius 2 is 2.11 bits per heavy atom. The summed E-state index contributed by atoms with van der Waals surface area (Å²) < 4.78 is 27.2. The molecule has 0 amide bonds. The number of hydrogen-bond acceptors (Lipinski definition) is 4. The molecule has 0 aromatic heterocycles. The molecule has 19 heavy (non-hydrogen) atoms. The second kappa shape index (κ2) is 6.26. The zero-order valence-corrected chi connectivity index (χ0v) is 12.5. The Labute approximate surface area is 118 Å². The van der Waals surface area contributed by atoms with Crippen molar-refractivity contribution in [2.24, 2.45) is 0 Å². The first-order chi connectivity index (χ1) is 9.03. The van der Waals surface area contributed by atoms with Gasteiger partial charge in [0.05, 0.1) is 4.90 Å². The molecule has 1 aromatic carbocycles. The second-order valence-corrected chi connectivity index (χ2v) is 7.95. The molecule has 1 aliphatic rings. The van der Waals surface area contributed by atoms with E-state index in [1.807, 2.05) is 19.1 Å². The molecule has 0 aliphatic heterocycles. The number of rotatable bonds is 7. The van der Waals surface area contributed by atoms with Gasteiger partial charge < -0.3 is 5.11 Å². The number of thioether (sulfide) groups is 1. The van der Waals surface area contributed by atoms with Gasteiger partial charge in [-0.1, -0.05) is 19.1 Å². The molecule has 4 nitrogen and oxygen atoms in total. The van der Waals surface area contributed by atoms with E-state index < -0.39 is 10.0 Å². The van der Waals surface area contributed by atoms with Crippen LogP contribution in [0, 0.1) is 0 Å². The third-order valence-electron chi connectivity index (χ3n) is 2.90. The molecule has 6 heteroatoms. The summed E-state index contributed by atoms with van der Waals surface area (Å²) in [5, 5.41) is 9.11. The summed E-state index contributed by atoms with van der Waals surface area (Å²) in [5.74, 6) is 0. The maximum absolute atomic E-state index is 12.3. The van der Waals surface area contributed by atoms with Crippen LogP contribution in [0.3, 0.4) is 0 Å². The Hall–Kier alpha value is -0.560. The molecule has 0 saturated heterocycles. The van der Waals surface area contributed by atoms with Crippen molar-refractivity contribution in [2.45, 2.75) is 47.3 Å². The fourth-order valence-electron chi connectivity index (χ4n) is 1.71. The predicted octanol–water partition coefficient (Wildman–Crippen LogP) is 1.99. The van der Waals surface area contributed by atoms with Crippen molar-refractivity contribution in [2.75, 3.05) is 6.61 Å². The van der Waals surface area contributed by atoms with Crippen LogP contribution in [0.5, 0.6) is 0 Å². The molecule has 0 radical (unpaired) electrons. The Bertz CT molecular complexity index is 526. The fraction of sp³-hybridized carbons (Fsp3) is 0.538. The van der Waals surface area contributed by atoms with Gasteiger partial charge in [-0.15, -0.1) is 11.8 Å². The minimum Gasteiger partial charge on any atom is -0.396 e. The second-order valence-electron chi connectivity index (χ2n) is 4.78. The average molecular weight is 301 g/mol. The van der Waals surface area contributed by atoms with Crippen molar-refractivity contribution in [1.82, 2.24) is 4.72 Å². The van der Waals surface area contributed by atoms with Crippen molar-refractivity contribution >= 4 is 21.8 Å². The van der Waals surface area contributed by atoms with Crippen LogP contribution < -0.4 is 4.72 Å². The average Bonchev–Trinajstić information content (AvgIpc) is 3.13. The van der Waals surface area contributed by atoms with Crippen LogP contribution in [0.25, 0.3) is 0 Å². The highest BCUT2D eigenvalue weighted by molar-refractivity contribution is 8.00. The summed E-state index contributed by atoms with van der Waals surface area (Å²) in [6.07, 6.45) is 2.50. The van der Waals surface area contributed by atoms with Gasteiger partial charge in [0, 0.05) is 22.8 Å². The summed E-state index contributed by atoms with van der Waals surface area (Å²) in [6, 6.07) is 7.14. The summed E-state index contributed by atoms with van der Waals surface area (Å²) in [6.45, 7) is 2.10. The van der Waals surface area contributed by atoms with Crippen LogP contribution in [-0.4, -0.2) is 31.4 Å². The number of benzene rings is 1. The lowest BCUT2D eigenvalue weighted by Gasteiger charge is -2.14. The van der Waals surface area contributed by atoms with E-state index in [9.17, 15) is 8.42 Å². The van der Waals surface area contributed by atoms with Crippen LogP contribution in [0.4, 0.5) is 0 Å². The maximum Gasteiger partial charge on any atom is 0.241 e. The first-order valence-corrected chi connectivity index (χ1v) is 8.78. The van der Waals surface area contributed by atoms with E-state index in [0.29, 0.717) is 11.3 Å². The normalized spacial score (nSPS) is 17.4. The van der Waals surface area contributed by atoms with Crippen molar-refractivity contribution in [1.29, 1.82) is 0 Å². The molecule has 1 aromatic rings. The van der Waals surface area contributed by atoms with E-state index in [1.165, 1.54) is 11.8 Å². The molecule has 1 fully saturated rings. The molecule has 0 heterocycles. The Morgan fingerprint density at radius 3 is 2.74 bits per heavy atom. The summed E-state index contributed by atoms with van der Waals surface area (Å²) >= 11 is 1.49. The molecule has 0 bridgehead atoms. The molecular weight excluding hydrogens is 282 g/mol. The monoisotopic (exact) mass is 301 g/mol. The van der Waals surface area contributed by atoms with Gasteiger partial charge in [-0.2, -0.15) is 0 Å². The molecule has 1 aliphatic carbocycles. The molecule has 106 valence electrons. The quantitative estimate of drug-likeness (QED) is 0.756. The van der Waals surface area contributed by atoms with Gasteiger partial charge in [-0.3, -0.25) is 0 Å². The Balaban J connectivity index is 2.19. The minimum atomic E-state index is -3.42. The number of aliphatic hydroxyl groups is 1. The van der Waals surface area contributed by atoms with Crippen LogP contribution in [-0.2, 0) is 10.0 Å². The molecule has 2 rings (SSSR count). The van der Waals surface area contributed by atoms with Gasteiger partial charge in [-0.25, -0.2) is 13.1 Å². The van der Waals surface area contributed by atoms with E-state index in [0.717, 1.165) is 17.7 Å². The van der Waals surface area contributed by atoms with Crippen molar-refractivity contribution in [3.8, 4) is 0 Å². The molecule has 1 saturated carbocycles. The summed E-state index contributed by atoms with van der Waals surface area (Å²) in [7, 11) is -3.42. The van der Waals surface area contributed by atoms with Gasteiger partial charge in [0.15, 0.2) is 0 Å². The van der Waals surface area contributed by atoms with E-state index in [4.69, 9.17) is 5.11 Å². The highest BCUT2D eigenvalue weighted by Crippen LogP contribution is 2.32. The lowest BCUT2D eigenvalue weighted by Crippen LogP contribution is -2.26. The van der Waals surface area contributed by atoms with E-state index in [2.05, 4.69) is 4.72 Å². The molecular formula is C13H19NO3S2. The largest absolute Gasteiger partial charge is 0.396 e. The smallest absolute Gasteiger partial charge is 0.241 e. The van der Waals surface area contributed by atoms with Gasteiger partial charge in [-0.05, 0) is 31.4 Å².